The van der Waals surface area contributed by atoms with E-state index >= 15 is 0 Å². The summed E-state index contributed by atoms with van der Waals surface area (Å²) < 4.78 is 0. The van der Waals surface area contributed by atoms with Gasteiger partial charge < -0.3 is 14.7 Å². The van der Waals surface area contributed by atoms with E-state index in [-0.39, 0.29) is 11.3 Å². The number of hydrogen-bond donors (Lipinski definition) is 0. The van der Waals surface area contributed by atoms with Crippen LogP contribution in [0.3, 0.4) is 0 Å². The minimum Gasteiger partial charge on any atom is -0.353 e. The molecule has 2 amide bonds. The van der Waals surface area contributed by atoms with Crippen molar-refractivity contribution in [1.82, 2.24) is 14.8 Å². The average Bonchev–Trinajstić information content (AvgIpc) is 3.53. The number of aromatic nitrogens is 1. The zero-order valence-electron chi connectivity index (χ0n) is 18.7. The zero-order chi connectivity index (χ0) is 21.3. The number of piperidine rings is 1. The predicted octanol–water partition coefficient (Wildman–Crippen LogP) is 3.33. The van der Waals surface area contributed by atoms with Crippen LogP contribution in [0.5, 0.6) is 0 Å². The SMILES string of the molecule is O=C(CC1CCCCC1)N1CCC2(CC1)C[C@@H]2C(=O)N1CCN(c2ccccn2)CC1. The maximum atomic E-state index is 13.2. The number of carbonyl (C=O) groups excluding carboxylic acids is 2. The summed E-state index contributed by atoms with van der Waals surface area (Å²) in [4.78, 5) is 36.8. The minimum atomic E-state index is 0.177. The molecular formula is C25H36N4O2. The van der Waals surface area contributed by atoms with Gasteiger partial charge in [0, 0.05) is 57.8 Å². The molecule has 1 spiro atoms. The molecule has 1 atom stereocenters. The van der Waals surface area contributed by atoms with Gasteiger partial charge in [0.25, 0.3) is 0 Å². The van der Waals surface area contributed by atoms with E-state index in [9.17, 15) is 9.59 Å². The van der Waals surface area contributed by atoms with E-state index < -0.39 is 0 Å². The van der Waals surface area contributed by atoms with E-state index in [0.717, 1.165) is 70.8 Å². The Bertz CT molecular complexity index is 776. The van der Waals surface area contributed by atoms with Crippen LogP contribution in [-0.2, 0) is 9.59 Å². The van der Waals surface area contributed by atoms with Crippen molar-refractivity contribution in [2.45, 2.75) is 57.8 Å². The Hall–Kier alpha value is -2.11. The molecule has 2 aliphatic heterocycles. The summed E-state index contributed by atoms with van der Waals surface area (Å²) >= 11 is 0. The highest BCUT2D eigenvalue weighted by atomic mass is 16.2. The maximum Gasteiger partial charge on any atom is 0.226 e. The molecule has 31 heavy (non-hydrogen) atoms. The first-order valence-corrected chi connectivity index (χ1v) is 12.4. The van der Waals surface area contributed by atoms with Crippen LogP contribution < -0.4 is 4.90 Å². The van der Waals surface area contributed by atoms with Crippen LogP contribution in [0.2, 0.25) is 0 Å². The summed E-state index contributed by atoms with van der Waals surface area (Å²) in [7, 11) is 0. The molecule has 0 bridgehead atoms. The number of carbonyl (C=O) groups is 2. The molecule has 0 aromatic carbocycles. The Morgan fingerprint density at radius 1 is 0.935 bits per heavy atom. The third-order valence-corrected chi connectivity index (χ3v) is 8.35. The molecule has 0 N–H and O–H groups in total. The minimum absolute atomic E-state index is 0.177. The topological polar surface area (TPSA) is 56.8 Å². The predicted molar refractivity (Wildman–Crippen MR) is 121 cm³/mol. The molecule has 1 aromatic heterocycles. The van der Waals surface area contributed by atoms with Gasteiger partial charge in [0.05, 0.1) is 0 Å². The van der Waals surface area contributed by atoms with Crippen molar-refractivity contribution in [3.8, 4) is 0 Å². The molecule has 2 aliphatic carbocycles. The summed E-state index contributed by atoms with van der Waals surface area (Å²) in [5.74, 6) is 2.50. The summed E-state index contributed by atoms with van der Waals surface area (Å²) in [5.41, 5.74) is 0.177. The highest BCUT2D eigenvalue weighted by molar-refractivity contribution is 5.83. The number of likely N-dealkylation sites (tertiary alicyclic amines) is 1. The molecule has 168 valence electrons. The molecule has 1 aromatic rings. The van der Waals surface area contributed by atoms with Crippen molar-refractivity contribution in [1.29, 1.82) is 0 Å². The Morgan fingerprint density at radius 2 is 1.68 bits per heavy atom. The molecule has 4 aliphatic rings. The van der Waals surface area contributed by atoms with Gasteiger partial charge in [-0.3, -0.25) is 9.59 Å². The van der Waals surface area contributed by atoms with E-state index in [1.165, 1.54) is 32.1 Å². The number of nitrogens with zero attached hydrogens (tertiary/aromatic N) is 4. The van der Waals surface area contributed by atoms with Gasteiger partial charge in [0.1, 0.15) is 5.82 Å². The Morgan fingerprint density at radius 3 is 2.35 bits per heavy atom. The summed E-state index contributed by atoms with van der Waals surface area (Å²) in [5, 5.41) is 0. The summed E-state index contributed by atoms with van der Waals surface area (Å²) in [6.07, 6.45) is 12.0. The average molecular weight is 425 g/mol. The summed E-state index contributed by atoms with van der Waals surface area (Å²) in [6, 6.07) is 5.99. The largest absolute Gasteiger partial charge is 0.353 e. The standard InChI is InChI=1S/C25H36N4O2/c30-23(18-20-6-2-1-3-7-20)28-12-9-25(10-13-28)19-21(25)24(31)29-16-14-27(15-17-29)22-8-4-5-11-26-22/h4-5,8,11,20-21H,1-3,6-7,9-10,12-19H2/t21-/m1/s1. The first-order valence-electron chi connectivity index (χ1n) is 12.4. The van der Waals surface area contributed by atoms with Crippen LogP contribution in [0.4, 0.5) is 5.82 Å². The molecular weight excluding hydrogens is 388 g/mol. The van der Waals surface area contributed by atoms with Gasteiger partial charge in [-0.15, -0.1) is 0 Å². The number of rotatable bonds is 4. The van der Waals surface area contributed by atoms with Crippen LogP contribution in [-0.4, -0.2) is 65.9 Å². The van der Waals surface area contributed by atoms with E-state index in [2.05, 4.69) is 19.7 Å². The second-order valence-corrected chi connectivity index (χ2v) is 10.2. The molecule has 6 nitrogen and oxygen atoms in total. The van der Waals surface area contributed by atoms with Crippen LogP contribution in [0.15, 0.2) is 24.4 Å². The van der Waals surface area contributed by atoms with Crippen LogP contribution in [0.1, 0.15) is 57.8 Å². The highest BCUT2D eigenvalue weighted by Crippen LogP contribution is 2.60. The highest BCUT2D eigenvalue weighted by Gasteiger charge is 2.59. The fourth-order valence-corrected chi connectivity index (χ4v) is 6.14. The zero-order valence-corrected chi connectivity index (χ0v) is 18.7. The van der Waals surface area contributed by atoms with Crippen LogP contribution >= 0.6 is 0 Å². The number of amides is 2. The lowest BCUT2D eigenvalue weighted by molar-refractivity contribution is -0.135. The normalized spacial score (nSPS) is 26.2. The van der Waals surface area contributed by atoms with Crippen LogP contribution in [0.25, 0.3) is 0 Å². The van der Waals surface area contributed by atoms with Gasteiger partial charge in [0.2, 0.25) is 11.8 Å². The number of piperazine rings is 1. The van der Waals surface area contributed by atoms with Gasteiger partial charge in [-0.2, -0.15) is 0 Å². The van der Waals surface area contributed by atoms with Gasteiger partial charge in [-0.05, 0) is 55.6 Å². The number of pyridine rings is 1. The Kier molecular flexibility index (Phi) is 5.89. The fourth-order valence-electron chi connectivity index (χ4n) is 6.14. The van der Waals surface area contributed by atoms with Crippen molar-refractivity contribution >= 4 is 17.6 Å². The van der Waals surface area contributed by atoms with Gasteiger partial charge >= 0.3 is 0 Å². The lowest BCUT2D eigenvalue weighted by Gasteiger charge is -2.37. The van der Waals surface area contributed by atoms with Crippen molar-refractivity contribution in [3.63, 3.8) is 0 Å². The first kappa shape index (κ1) is 20.8. The Balaban J connectivity index is 1.08. The van der Waals surface area contributed by atoms with Gasteiger partial charge in [-0.1, -0.05) is 25.3 Å². The molecule has 0 radical (unpaired) electrons. The number of anilines is 1. The quantitative estimate of drug-likeness (QED) is 0.744. The lowest BCUT2D eigenvalue weighted by Crippen LogP contribution is -2.50. The van der Waals surface area contributed by atoms with Crippen molar-refractivity contribution in [2.24, 2.45) is 17.3 Å². The monoisotopic (exact) mass is 424 g/mol. The molecule has 3 heterocycles. The van der Waals surface area contributed by atoms with E-state index in [1.807, 2.05) is 24.4 Å². The van der Waals surface area contributed by atoms with Gasteiger partial charge in [-0.25, -0.2) is 4.98 Å². The third kappa shape index (κ3) is 4.44. The molecule has 2 saturated carbocycles. The summed E-state index contributed by atoms with van der Waals surface area (Å²) in [6.45, 7) is 4.98. The first-order chi connectivity index (χ1) is 15.1. The van der Waals surface area contributed by atoms with E-state index in [1.54, 1.807) is 0 Å². The smallest absolute Gasteiger partial charge is 0.226 e. The van der Waals surface area contributed by atoms with Crippen LogP contribution in [0, 0.1) is 17.3 Å². The van der Waals surface area contributed by atoms with E-state index in [4.69, 9.17) is 0 Å². The van der Waals surface area contributed by atoms with Gasteiger partial charge in [0.15, 0.2) is 0 Å². The van der Waals surface area contributed by atoms with E-state index in [0.29, 0.717) is 17.7 Å². The van der Waals surface area contributed by atoms with Crippen molar-refractivity contribution in [3.05, 3.63) is 24.4 Å². The van der Waals surface area contributed by atoms with Crippen molar-refractivity contribution < 1.29 is 9.59 Å². The molecule has 6 heteroatoms. The third-order valence-electron chi connectivity index (χ3n) is 8.35. The molecule has 0 unspecified atom stereocenters. The number of hydrogen-bond acceptors (Lipinski definition) is 4. The van der Waals surface area contributed by atoms with Crippen molar-refractivity contribution in [2.75, 3.05) is 44.2 Å². The Labute approximate surface area is 186 Å². The molecule has 5 rings (SSSR count). The molecule has 4 fully saturated rings. The second kappa shape index (κ2) is 8.79. The molecule has 2 saturated heterocycles. The maximum absolute atomic E-state index is 13.2. The lowest BCUT2D eigenvalue weighted by atomic mass is 9.86. The fraction of sp³-hybridized carbons (Fsp3) is 0.720. The second-order valence-electron chi connectivity index (χ2n) is 10.2.